The van der Waals surface area contributed by atoms with Gasteiger partial charge < -0.3 is 25.7 Å². The molecule has 3 unspecified atom stereocenters. The standard InChI is InChI=1S/C20H41N4O5P/c1-4-18(30(27,28)29)23-17(14-15(2)3)20(26)24-16-10-6-9-12-21-11-7-5-8-13-22-19(16)25/h15-18,21,23H,4-14H2,1-3H3,(H,22,25)(H,24,26)(H2,27,28,29). The van der Waals surface area contributed by atoms with E-state index in [2.05, 4.69) is 21.3 Å². The molecule has 176 valence electrons. The van der Waals surface area contributed by atoms with Gasteiger partial charge >= 0.3 is 7.60 Å². The van der Waals surface area contributed by atoms with Gasteiger partial charge in [0.1, 0.15) is 11.8 Å². The fourth-order valence-electron chi connectivity index (χ4n) is 3.56. The van der Waals surface area contributed by atoms with E-state index in [0.29, 0.717) is 19.4 Å². The first-order valence-electron chi connectivity index (χ1n) is 11.2. The summed E-state index contributed by atoms with van der Waals surface area (Å²) in [5, 5.41) is 12.0. The zero-order valence-electron chi connectivity index (χ0n) is 18.7. The monoisotopic (exact) mass is 448 g/mol. The minimum absolute atomic E-state index is 0.141. The summed E-state index contributed by atoms with van der Waals surface area (Å²) in [5.74, 6) is -1.53. The molecule has 1 fully saturated rings. The van der Waals surface area contributed by atoms with Gasteiger partial charge in [0.2, 0.25) is 11.8 Å². The molecule has 0 spiro atoms. The summed E-state index contributed by atoms with van der Waals surface area (Å²) in [6.45, 7) is 8.00. The molecular formula is C20H41N4O5P. The van der Waals surface area contributed by atoms with Crippen LogP contribution in [0.1, 0.15) is 72.1 Å². The van der Waals surface area contributed by atoms with E-state index in [1.165, 1.54) is 0 Å². The normalized spacial score (nSPS) is 22.2. The summed E-state index contributed by atoms with van der Waals surface area (Å²) in [5.41, 5.74) is 0. The van der Waals surface area contributed by atoms with Crippen LogP contribution in [-0.4, -0.2) is 59.1 Å². The van der Waals surface area contributed by atoms with Gasteiger partial charge in [-0.25, -0.2) is 0 Å². The maximum atomic E-state index is 13.0. The van der Waals surface area contributed by atoms with Crippen molar-refractivity contribution in [1.29, 1.82) is 0 Å². The molecule has 0 radical (unpaired) electrons. The average molecular weight is 449 g/mol. The fraction of sp³-hybridized carbons (Fsp3) is 0.900. The third kappa shape index (κ3) is 10.9. The molecule has 2 amide bonds. The quantitative estimate of drug-likeness (QED) is 0.309. The first-order valence-corrected chi connectivity index (χ1v) is 12.9. The van der Waals surface area contributed by atoms with E-state index < -0.39 is 31.4 Å². The Kier molecular flexibility index (Phi) is 12.8. The molecule has 0 saturated carbocycles. The van der Waals surface area contributed by atoms with Crippen molar-refractivity contribution >= 4 is 19.4 Å². The van der Waals surface area contributed by atoms with E-state index in [0.717, 1.165) is 45.2 Å². The van der Waals surface area contributed by atoms with Crippen molar-refractivity contribution in [2.24, 2.45) is 5.92 Å². The molecule has 1 heterocycles. The zero-order valence-corrected chi connectivity index (χ0v) is 19.5. The van der Waals surface area contributed by atoms with Gasteiger partial charge in [-0.2, -0.15) is 0 Å². The summed E-state index contributed by atoms with van der Waals surface area (Å²) in [4.78, 5) is 44.7. The number of rotatable bonds is 8. The summed E-state index contributed by atoms with van der Waals surface area (Å²) in [6, 6.07) is -1.42. The smallest absolute Gasteiger partial charge is 0.342 e. The largest absolute Gasteiger partial charge is 0.354 e. The van der Waals surface area contributed by atoms with Crippen LogP contribution in [0.15, 0.2) is 0 Å². The lowest BCUT2D eigenvalue weighted by Gasteiger charge is -2.28. The fourth-order valence-corrected chi connectivity index (χ4v) is 4.41. The highest BCUT2D eigenvalue weighted by Gasteiger charge is 2.33. The van der Waals surface area contributed by atoms with E-state index in [1.807, 2.05) is 13.8 Å². The zero-order chi connectivity index (χ0) is 22.6. The summed E-state index contributed by atoms with van der Waals surface area (Å²) in [6.07, 6.45) is 5.87. The van der Waals surface area contributed by atoms with Crippen molar-refractivity contribution in [1.82, 2.24) is 21.3 Å². The number of hydrogen-bond acceptors (Lipinski definition) is 5. The van der Waals surface area contributed by atoms with Crippen molar-refractivity contribution < 1.29 is 23.9 Å². The van der Waals surface area contributed by atoms with Crippen LogP contribution >= 0.6 is 7.60 Å². The maximum Gasteiger partial charge on any atom is 0.342 e. The topological polar surface area (TPSA) is 140 Å². The molecule has 0 aliphatic carbocycles. The minimum Gasteiger partial charge on any atom is -0.354 e. The first kappa shape index (κ1) is 27.0. The number of hydrogen-bond donors (Lipinski definition) is 6. The highest BCUT2D eigenvalue weighted by atomic mass is 31.2. The number of carbonyl (C=O) groups excluding carboxylic acids is 2. The van der Waals surface area contributed by atoms with E-state index in [4.69, 9.17) is 0 Å². The van der Waals surface area contributed by atoms with Gasteiger partial charge in [-0.3, -0.25) is 19.5 Å². The second-order valence-corrected chi connectivity index (χ2v) is 10.3. The molecule has 0 aromatic rings. The van der Waals surface area contributed by atoms with Crippen LogP contribution in [0.5, 0.6) is 0 Å². The van der Waals surface area contributed by atoms with E-state index in [9.17, 15) is 23.9 Å². The number of carbonyl (C=O) groups is 2. The van der Waals surface area contributed by atoms with Crippen LogP contribution in [-0.2, 0) is 14.2 Å². The molecular weight excluding hydrogens is 407 g/mol. The second-order valence-electron chi connectivity index (χ2n) is 8.52. The summed E-state index contributed by atoms with van der Waals surface area (Å²) < 4.78 is 11.7. The van der Waals surface area contributed by atoms with Crippen molar-refractivity contribution in [2.45, 2.75) is 90.0 Å². The van der Waals surface area contributed by atoms with Gasteiger partial charge in [0.15, 0.2) is 0 Å². The van der Waals surface area contributed by atoms with E-state index in [-0.39, 0.29) is 18.2 Å². The van der Waals surface area contributed by atoms with E-state index >= 15 is 0 Å². The summed E-state index contributed by atoms with van der Waals surface area (Å²) in [7, 11) is -4.38. The molecule has 1 aliphatic heterocycles. The third-order valence-corrected chi connectivity index (χ3v) is 6.60. The molecule has 0 aromatic heterocycles. The third-order valence-electron chi connectivity index (χ3n) is 5.27. The van der Waals surface area contributed by atoms with Crippen LogP contribution in [0.4, 0.5) is 0 Å². The van der Waals surface area contributed by atoms with Crippen molar-refractivity contribution in [2.75, 3.05) is 19.6 Å². The lowest BCUT2D eigenvalue weighted by molar-refractivity contribution is -0.130. The molecule has 0 aromatic carbocycles. The van der Waals surface area contributed by atoms with Gasteiger partial charge in [0.05, 0.1) is 6.04 Å². The van der Waals surface area contributed by atoms with Crippen molar-refractivity contribution in [3.05, 3.63) is 0 Å². The van der Waals surface area contributed by atoms with Crippen LogP contribution in [0, 0.1) is 5.92 Å². The first-order chi connectivity index (χ1) is 14.1. The van der Waals surface area contributed by atoms with Gasteiger partial charge in [0, 0.05) is 6.54 Å². The molecule has 1 aliphatic rings. The number of nitrogens with one attached hydrogen (secondary N) is 4. The average Bonchev–Trinajstić information content (AvgIpc) is 2.67. The Labute approximate surface area is 180 Å². The predicted octanol–water partition coefficient (Wildman–Crippen LogP) is 1.45. The Morgan fingerprint density at radius 3 is 2.37 bits per heavy atom. The second kappa shape index (κ2) is 14.1. The molecule has 9 nitrogen and oxygen atoms in total. The summed E-state index contributed by atoms with van der Waals surface area (Å²) >= 11 is 0. The maximum absolute atomic E-state index is 13.0. The molecule has 0 bridgehead atoms. The highest BCUT2D eigenvalue weighted by Crippen LogP contribution is 2.41. The Bertz CT molecular complexity index is 569. The highest BCUT2D eigenvalue weighted by molar-refractivity contribution is 7.52. The molecule has 3 atom stereocenters. The van der Waals surface area contributed by atoms with Crippen LogP contribution < -0.4 is 21.3 Å². The van der Waals surface area contributed by atoms with Crippen molar-refractivity contribution in [3.63, 3.8) is 0 Å². The minimum atomic E-state index is -4.38. The SMILES string of the molecule is CCC(NC(CC(C)C)C(=O)NC1CCCCNCCCCCNC1=O)P(=O)(O)O. The number of amides is 2. The van der Waals surface area contributed by atoms with Crippen LogP contribution in [0.3, 0.4) is 0 Å². The lowest BCUT2D eigenvalue weighted by Crippen LogP contribution is -2.54. The van der Waals surface area contributed by atoms with Crippen LogP contribution in [0.25, 0.3) is 0 Å². The van der Waals surface area contributed by atoms with Gasteiger partial charge in [-0.15, -0.1) is 0 Å². The van der Waals surface area contributed by atoms with Crippen LogP contribution in [0.2, 0.25) is 0 Å². The predicted molar refractivity (Wildman–Crippen MR) is 118 cm³/mol. The van der Waals surface area contributed by atoms with Gasteiger partial charge in [0.25, 0.3) is 0 Å². The Morgan fingerprint density at radius 2 is 1.77 bits per heavy atom. The molecule has 1 rings (SSSR count). The Morgan fingerprint density at radius 1 is 1.13 bits per heavy atom. The van der Waals surface area contributed by atoms with E-state index in [1.54, 1.807) is 6.92 Å². The lowest BCUT2D eigenvalue weighted by atomic mass is 10.0. The molecule has 1 saturated heterocycles. The molecule has 30 heavy (non-hydrogen) atoms. The van der Waals surface area contributed by atoms with Gasteiger partial charge in [-0.05, 0) is 64.0 Å². The van der Waals surface area contributed by atoms with Crippen molar-refractivity contribution in [3.8, 4) is 0 Å². The Balaban J connectivity index is 2.84. The molecule has 6 N–H and O–H groups in total. The Hall–Kier alpha value is -0.990. The molecule has 10 heteroatoms. The van der Waals surface area contributed by atoms with Gasteiger partial charge in [-0.1, -0.05) is 27.2 Å².